The predicted molar refractivity (Wildman–Crippen MR) is 427 cm³/mol. The number of hydrogen-bond donors (Lipinski definition) is 14. The first kappa shape index (κ1) is 91.0. The molecule has 1 aromatic heterocycles. The van der Waals surface area contributed by atoms with Gasteiger partial charge in [-0.15, -0.1) is 0 Å². The summed E-state index contributed by atoms with van der Waals surface area (Å²) in [6.07, 6.45) is 2.72. The van der Waals surface area contributed by atoms with E-state index >= 15 is 0 Å². The Labute approximate surface area is 666 Å². The van der Waals surface area contributed by atoms with Crippen LogP contribution in [0.4, 0.5) is 16.2 Å². The number of urea groups is 1. The molecule has 0 bridgehead atoms. The van der Waals surface area contributed by atoms with Crippen molar-refractivity contribution in [1.29, 1.82) is 0 Å². The third kappa shape index (κ3) is 29.0. The molecule has 1 aliphatic rings. The zero-order chi connectivity index (χ0) is 84.4. The van der Waals surface area contributed by atoms with E-state index in [4.69, 9.17) is 9.52 Å². The van der Waals surface area contributed by atoms with Crippen molar-refractivity contribution in [1.82, 2.24) is 42.5 Å². The van der Waals surface area contributed by atoms with Crippen molar-refractivity contribution in [3.63, 3.8) is 0 Å². The second-order valence-electron chi connectivity index (χ2n) is 28.9. The number of nitrogens with one attached hydrogen (secondary N) is 8. The van der Waals surface area contributed by atoms with E-state index in [2.05, 4.69) is 37.2 Å². The molecule has 33 nitrogen and oxygen atoms in total. The molecule has 1 aliphatic heterocycles. The molecule has 620 valence electrons. The third-order valence-corrected chi connectivity index (χ3v) is 21.5. The van der Waals surface area contributed by atoms with Gasteiger partial charge in [0.15, 0.2) is 0 Å². The maximum atomic E-state index is 14.7. The van der Waals surface area contributed by atoms with Crippen LogP contribution in [0.25, 0.3) is 17.0 Å². The number of anilines is 2. The standard InChI is InChI=1S/C79H98N10O23S3/c1-6-88(40-18-42-113(103,104)105)54-29-31-57-58(78(2,3)4)48-55(112-66(57)47-54)26-16-27-67-79(5,59-49-56(115(109,110)111)30-34-65(59)89(67)41-19-43-114(106,107)108)37-17-28-68(90)84-64(46-53-24-14-9-15-25-53)74(97)85-63(45-52-22-12-8-13-23-52)73(96)82-50-70(92)80-38-39-81-72(95)62(44-51-20-10-7-11-21-51)83-69(91)35-32-60(75(98)99)86-77(102)87-61(76(100)101)33-36-71(93)94/h7-16,20-27,29-31,34,47-49,60-64H,6,17-19,28,32-33,35-46,50H2,1-5H3,(H13-,80,81,82,83,84,85,86,87,90,91,92,93,94,95,96,97,98,99,100,101,102,103,104,105,106,107,108,109,110,111)/p+1/b26-16+,67-27-/t60-,61-,62-,63-,64-,79?/m0/s1. The van der Waals surface area contributed by atoms with Crippen LogP contribution in [0.2, 0.25) is 0 Å². The summed E-state index contributed by atoms with van der Waals surface area (Å²) in [6, 6.07) is 28.7. The van der Waals surface area contributed by atoms with Gasteiger partial charge in [0, 0.05) is 106 Å². The molecular weight excluding hydrogens is 1550 g/mol. The van der Waals surface area contributed by atoms with Gasteiger partial charge in [-0.3, -0.25) is 47.2 Å². The fourth-order valence-electron chi connectivity index (χ4n) is 13.2. The first-order valence-electron chi connectivity index (χ1n) is 37.1. The first-order chi connectivity index (χ1) is 54.2. The Morgan fingerprint density at radius 3 is 1.62 bits per heavy atom. The molecule has 7 rings (SSSR count). The molecule has 36 heteroatoms. The number of aliphatic carboxylic acids is 3. The van der Waals surface area contributed by atoms with Crippen molar-refractivity contribution in [2.75, 3.05) is 60.6 Å². The highest BCUT2D eigenvalue weighted by Crippen LogP contribution is 2.51. The molecule has 0 fully saturated rings. The molecule has 8 amide bonds. The molecule has 0 aliphatic carbocycles. The Bertz CT molecular complexity index is 4900. The van der Waals surface area contributed by atoms with Gasteiger partial charge in [-0.25, -0.2) is 18.8 Å². The first-order valence-corrected chi connectivity index (χ1v) is 41.8. The number of hydrogen-bond acceptors (Lipinski definition) is 18. The van der Waals surface area contributed by atoms with Crippen molar-refractivity contribution in [3.8, 4) is 0 Å². The summed E-state index contributed by atoms with van der Waals surface area (Å²) in [7, 11) is -13.5. The summed E-state index contributed by atoms with van der Waals surface area (Å²) in [5, 5.41) is 48.9. The van der Waals surface area contributed by atoms with Crippen LogP contribution >= 0.6 is 0 Å². The lowest BCUT2D eigenvalue weighted by Gasteiger charge is -2.30. The molecule has 0 radical (unpaired) electrons. The summed E-state index contributed by atoms with van der Waals surface area (Å²) in [4.78, 5) is 134. The van der Waals surface area contributed by atoms with Crippen LogP contribution in [0.15, 0.2) is 161 Å². The second kappa shape index (κ2) is 41.7. The van der Waals surface area contributed by atoms with Gasteiger partial charge in [0.2, 0.25) is 35.4 Å². The molecule has 6 aromatic rings. The topological polar surface area (TPSA) is 509 Å². The number of benzene rings is 5. The largest absolute Gasteiger partial charge is 0.481 e. The number of carboxylic acid groups (broad SMARTS) is 3. The van der Waals surface area contributed by atoms with Crippen molar-refractivity contribution in [2.45, 2.75) is 158 Å². The zero-order valence-corrected chi connectivity index (χ0v) is 66.7. The van der Waals surface area contributed by atoms with Crippen LogP contribution in [-0.4, -0.2) is 195 Å². The monoisotopic (exact) mass is 1650 g/mol. The van der Waals surface area contributed by atoms with Gasteiger partial charge >= 0.3 is 35.3 Å². The fourth-order valence-corrected chi connectivity index (χ4v) is 14.7. The van der Waals surface area contributed by atoms with Gasteiger partial charge in [-0.05, 0) is 122 Å². The van der Waals surface area contributed by atoms with E-state index in [0.29, 0.717) is 58.1 Å². The highest BCUT2D eigenvalue weighted by atomic mass is 32.2. The molecule has 14 N–H and O–H groups in total. The molecule has 0 spiro atoms. The molecule has 1 unspecified atom stereocenters. The van der Waals surface area contributed by atoms with E-state index in [1.165, 1.54) is 18.2 Å². The van der Waals surface area contributed by atoms with Gasteiger partial charge in [0.1, 0.15) is 30.2 Å². The minimum absolute atomic E-state index is 0.0246. The lowest BCUT2D eigenvalue weighted by Crippen LogP contribution is -2.56. The van der Waals surface area contributed by atoms with E-state index in [-0.39, 0.29) is 71.0 Å². The van der Waals surface area contributed by atoms with Crippen molar-refractivity contribution >= 4 is 118 Å². The van der Waals surface area contributed by atoms with Gasteiger partial charge in [0.05, 0.1) is 34.4 Å². The Balaban J connectivity index is 1.05. The number of carbonyl (C=O) groups is 10. The fraction of sp³-hybridized carbons (Fsp3) is 0.405. The Morgan fingerprint density at radius 1 is 0.565 bits per heavy atom. The van der Waals surface area contributed by atoms with Gasteiger partial charge in [0.25, 0.3) is 30.4 Å². The zero-order valence-electron chi connectivity index (χ0n) is 64.2. The van der Waals surface area contributed by atoms with Crippen LogP contribution in [0.3, 0.4) is 0 Å². The van der Waals surface area contributed by atoms with Crippen LogP contribution in [0.1, 0.15) is 126 Å². The lowest BCUT2D eigenvalue weighted by molar-refractivity contribution is -0.141. The summed E-state index contributed by atoms with van der Waals surface area (Å²) >= 11 is 0. The smallest absolute Gasteiger partial charge is 0.363 e. The molecule has 0 saturated carbocycles. The van der Waals surface area contributed by atoms with Crippen LogP contribution in [-0.2, 0) is 104 Å². The quantitative estimate of drug-likeness (QED) is 0.0121. The summed E-state index contributed by atoms with van der Waals surface area (Å²) in [5.74, 6) is -9.58. The van der Waals surface area contributed by atoms with E-state index in [1.807, 2.05) is 62.2 Å². The van der Waals surface area contributed by atoms with Gasteiger partial charge < -0.3 is 67.7 Å². The summed E-state index contributed by atoms with van der Waals surface area (Å²) in [5.41, 5.74) is 3.66. The van der Waals surface area contributed by atoms with Crippen LogP contribution in [0, 0.1) is 0 Å². The highest BCUT2D eigenvalue weighted by molar-refractivity contribution is 7.86. The number of nitrogens with zero attached hydrogens (tertiary/aromatic N) is 2. The Morgan fingerprint density at radius 2 is 1.09 bits per heavy atom. The number of carbonyl (C=O) groups excluding carboxylic acids is 7. The molecular formula is C79H99N10O23S3+. The van der Waals surface area contributed by atoms with Crippen molar-refractivity contribution in [3.05, 3.63) is 185 Å². The maximum absolute atomic E-state index is 14.7. The molecule has 0 saturated heterocycles. The van der Waals surface area contributed by atoms with Gasteiger partial charge in [-0.2, -0.15) is 25.3 Å². The number of carboxylic acids is 3. The Kier molecular flexibility index (Phi) is 33.0. The van der Waals surface area contributed by atoms with Gasteiger partial charge in [-0.1, -0.05) is 118 Å². The lowest BCUT2D eigenvalue weighted by atomic mass is 9.77. The normalized spacial score (nSPS) is 15.3. The minimum atomic E-state index is -4.82. The third-order valence-electron chi connectivity index (χ3n) is 19.0. The second-order valence-corrected chi connectivity index (χ2v) is 33.4. The highest BCUT2D eigenvalue weighted by Gasteiger charge is 2.44. The average Bonchev–Trinajstić information content (AvgIpc) is 1.58. The molecule has 6 atom stereocenters. The SMILES string of the molecule is CCN(CCCS(=O)(=O)O)c1ccc2c(C(C)(C)C)cc(/C=C/C=C3\N(CCCS(=O)(=O)O)c4ccc(S(=O)(=O)O)cc4C3(C)CCCC(=O)N[C@@H](Cc3ccccc3)C(=O)N[C@@H](Cc3ccccc3)C(=O)NCC(=O)NCCNC(=O)[C@H](Cc3ccccc3)NC(=O)CC[C@H](NC(=O)N[C@@H](CCC(=O)O)C(=O)O)C(=O)O)[o+]c2c1. The summed E-state index contributed by atoms with van der Waals surface area (Å²) < 4.78 is 109. The van der Waals surface area contributed by atoms with Crippen LogP contribution in [0.5, 0.6) is 0 Å². The Hall–Kier alpha value is -11.2. The molecule has 5 aromatic carbocycles. The van der Waals surface area contributed by atoms with Crippen molar-refractivity contribution < 1.29 is 107 Å². The van der Waals surface area contributed by atoms with Crippen LogP contribution < -0.4 is 52.3 Å². The van der Waals surface area contributed by atoms with E-state index < -0.39 is 179 Å². The minimum Gasteiger partial charge on any atom is -0.481 e. The van der Waals surface area contributed by atoms with E-state index in [1.54, 1.807) is 121 Å². The maximum Gasteiger partial charge on any atom is 0.363 e. The van der Waals surface area contributed by atoms with E-state index in [0.717, 1.165) is 16.6 Å². The van der Waals surface area contributed by atoms with E-state index in [9.17, 15) is 97.1 Å². The number of fused-ring (bicyclic) bond motifs is 2. The number of allylic oxidation sites excluding steroid dienone is 3. The predicted octanol–water partition coefficient (Wildman–Crippen LogP) is 5.87. The number of amides is 8. The average molecular weight is 1650 g/mol. The molecule has 2 heterocycles. The summed E-state index contributed by atoms with van der Waals surface area (Å²) in [6.45, 7) is 9.59. The number of rotatable bonds is 44. The molecule has 115 heavy (non-hydrogen) atoms. The van der Waals surface area contributed by atoms with Crippen molar-refractivity contribution in [2.24, 2.45) is 0 Å².